The van der Waals surface area contributed by atoms with Gasteiger partial charge in [-0.15, -0.1) is 0 Å². The predicted octanol–water partition coefficient (Wildman–Crippen LogP) is 5.50. The van der Waals surface area contributed by atoms with Crippen LogP contribution in [0.4, 0.5) is 5.69 Å². The van der Waals surface area contributed by atoms with Crippen LogP contribution in [0.15, 0.2) is 64.6 Å². The van der Waals surface area contributed by atoms with Gasteiger partial charge >= 0.3 is 5.97 Å². The first-order valence-electron chi connectivity index (χ1n) is 8.20. The SMILES string of the molecule is N#CC(=Cc1ccc(-c2cccc(Cl)c2Cl)o1)C(=O)Nc1ccc(C(=O)O)cc1. The fourth-order valence-corrected chi connectivity index (χ4v) is 2.85. The number of carbonyl (C=O) groups excluding carboxylic acids is 1. The summed E-state index contributed by atoms with van der Waals surface area (Å²) < 4.78 is 5.66. The monoisotopic (exact) mass is 426 g/mol. The van der Waals surface area contributed by atoms with Gasteiger partial charge in [0.2, 0.25) is 0 Å². The lowest BCUT2D eigenvalue weighted by Gasteiger charge is -2.04. The smallest absolute Gasteiger partial charge is 0.335 e. The molecular formula is C21H12Cl2N2O4. The summed E-state index contributed by atoms with van der Waals surface area (Å²) >= 11 is 12.2. The van der Waals surface area contributed by atoms with Crippen molar-refractivity contribution < 1.29 is 19.1 Å². The van der Waals surface area contributed by atoms with Crippen LogP contribution in [-0.2, 0) is 4.79 Å². The van der Waals surface area contributed by atoms with Crippen LogP contribution in [0.25, 0.3) is 17.4 Å². The highest BCUT2D eigenvalue weighted by Gasteiger charge is 2.14. The molecule has 1 heterocycles. The molecule has 3 rings (SSSR count). The van der Waals surface area contributed by atoms with Crippen LogP contribution in [0.2, 0.25) is 10.0 Å². The van der Waals surface area contributed by atoms with Crippen LogP contribution in [0, 0.1) is 11.3 Å². The van der Waals surface area contributed by atoms with E-state index in [1.807, 2.05) is 6.07 Å². The van der Waals surface area contributed by atoms with Gasteiger partial charge in [0.1, 0.15) is 23.2 Å². The van der Waals surface area contributed by atoms with Crippen molar-refractivity contribution >= 4 is 46.8 Å². The Bertz CT molecular complexity index is 1160. The van der Waals surface area contributed by atoms with Crippen molar-refractivity contribution in [3.05, 3.63) is 81.5 Å². The zero-order valence-electron chi connectivity index (χ0n) is 14.6. The van der Waals surface area contributed by atoms with Gasteiger partial charge < -0.3 is 14.8 Å². The highest BCUT2D eigenvalue weighted by molar-refractivity contribution is 6.43. The molecule has 3 aromatic rings. The zero-order chi connectivity index (χ0) is 21.0. The fourth-order valence-electron chi connectivity index (χ4n) is 2.45. The van der Waals surface area contributed by atoms with Gasteiger partial charge in [-0.05, 0) is 48.5 Å². The number of amides is 1. The van der Waals surface area contributed by atoms with Crippen molar-refractivity contribution in [3.63, 3.8) is 0 Å². The molecule has 144 valence electrons. The molecule has 0 unspecified atom stereocenters. The number of aromatic carboxylic acids is 1. The largest absolute Gasteiger partial charge is 0.478 e. The van der Waals surface area contributed by atoms with E-state index in [-0.39, 0.29) is 16.9 Å². The van der Waals surface area contributed by atoms with Crippen molar-refractivity contribution in [2.45, 2.75) is 0 Å². The number of hydrogen-bond donors (Lipinski definition) is 2. The molecular weight excluding hydrogens is 415 g/mol. The van der Waals surface area contributed by atoms with Gasteiger partial charge in [-0.25, -0.2) is 4.79 Å². The van der Waals surface area contributed by atoms with Gasteiger partial charge in [-0.3, -0.25) is 4.79 Å². The molecule has 1 aromatic heterocycles. The molecule has 2 N–H and O–H groups in total. The van der Waals surface area contributed by atoms with E-state index in [1.165, 1.54) is 30.3 Å². The van der Waals surface area contributed by atoms with Crippen LogP contribution in [0.1, 0.15) is 16.1 Å². The molecule has 0 aliphatic heterocycles. The first-order chi connectivity index (χ1) is 13.9. The van der Waals surface area contributed by atoms with Gasteiger partial charge in [-0.1, -0.05) is 29.3 Å². The van der Waals surface area contributed by atoms with Gasteiger partial charge in [0.25, 0.3) is 5.91 Å². The maximum atomic E-state index is 12.3. The van der Waals surface area contributed by atoms with E-state index in [4.69, 9.17) is 32.7 Å². The lowest BCUT2D eigenvalue weighted by atomic mass is 10.2. The lowest BCUT2D eigenvalue weighted by Crippen LogP contribution is -2.13. The van der Waals surface area contributed by atoms with E-state index < -0.39 is 11.9 Å². The molecule has 8 heteroatoms. The van der Waals surface area contributed by atoms with Gasteiger partial charge in [0, 0.05) is 17.3 Å². The summed E-state index contributed by atoms with van der Waals surface area (Å²) in [5, 5.41) is 21.5. The standard InChI is InChI=1S/C21H12Cl2N2O4/c22-17-3-1-2-16(19(17)23)18-9-8-15(29-18)10-13(11-24)20(26)25-14-6-4-12(5-7-14)21(27)28/h1-10H,(H,25,26)(H,27,28). The Morgan fingerprint density at radius 1 is 1.07 bits per heavy atom. The molecule has 0 fully saturated rings. The Balaban J connectivity index is 1.80. The lowest BCUT2D eigenvalue weighted by molar-refractivity contribution is -0.112. The number of anilines is 1. The Morgan fingerprint density at radius 3 is 2.45 bits per heavy atom. The molecule has 6 nitrogen and oxygen atoms in total. The summed E-state index contributed by atoms with van der Waals surface area (Å²) in [6.07, 6.45) is 1.29. The third-order valence-corrected chi connectivity index (χ3v) is 4.70. The number of carboxylic acids is 1. The summed E-state index contributed by atoms with van der Waals surface area (Å²) in [4.78, 5) is 23.2. The van der Waals surface area contributed by atoms with Crippen LogP contribution >= 0.6 is 23.2 Å². The van der Waals surface area contributed by atoms with Crippen molar-refractivity contribution in [2.75, 3.05) is 5.32 Å². The maximum absolute atomic E-state index is 12.3. The van der Waals surface area contributed by atoms with Crippen molar-refractivity contribution in [2.24, 2.45) is 0 Å². The topological polar surface area (TPSA) is 103 Å². The molecule has 0 radical (unpaired) electrons. The molecule has 2 aromatic carbocycles. The van der Waals surface area contributed by atoms with E-state index in [0.717, 1.165) is 0 Å². The minimum absolute atomic E-state index is 0.0850. The third-order valence-electron chi connectivity index (χ3n) is 3.89. The molecule has 29 heavy (non-hydrogen) atoms. The number of carbonyl (C=O) groups is 2. The molecule has 0 saturated carbocycles. The second kappa shape index (κ2) is 8.65. The number of nitrogens with zero attached hydrogens (tertiary/aromatic N) is 1. The average Bonchev–Trinajstić information content (AvgIpc) is 3.17. The molecule has 0 atom stereocenters. The number of rotatable bonds is 5. The quantitative estimate of drug-likeness (QED) is 0.414. The first-order valence-corrected chi connectivity index (χ1v) is 8.95. The van der Waals surface area contributed by atoms with Crippen LogP contribution < -0.4 is 5.32 Å². The number of halogens is 2. The van der Waals surface area contributed by atoms with Gasteiger partial charge in [-0.2, -0.15) is 5.26 Å². The Kier molecular flexibility index (Phi) is 6.03. The van der Waals surface area contributed by atoms with Crippen molar-refractivity contribution in [1.29, 1.82) is 5.26 Å². The fraction of sp³-hybridized carbons (Fsp3) is 0. The summed E-state index contributed by atoms with van der Waals surface area (Å²) in [7, 11) is 0. The number of nitriles is 1. The van der Waals surface area contributed by atoms with Crippen LogP contribution in [-0.4, -0.2) is 17.0 Å². The maximum Gasteiger partial charge on any atom is 0.335 e. The number of carboxylic acid groups (broad SMARTS) is 1. The van der Waals surface area contributed by atoms with E-state index in [2.05, 4.69) is 5.32 Å². The Hall–Kier alpha value is -3.53. The summed E-state index contributed by atoms with van der Waals surface area (Å²) in [6.45, 7) is 0. The normalized spacial score (nSPS) is 11.0. The van der Waals surface area contributed by atoms with E-state index in [0.29, 0.717) is 27.1 Å². The summed E-state index contributed by atoms with van der Waals surface area (Å²) in [6, 6.07) is 15.7. The number of hydrogen-bond acceptors (Lipinski definition) is 4. The minimum Gasteiger partial charge on any atom is -0.478 e. The first kappa shape index (κ1) is 20.2. The molecule has 0 bridgehead atoms. The third kappa shape index (κ3) is 4.66. The van der Waals surface area contributed by atoms with E-state index in [1.54, 1.807) is 30.3 Å². The molecule has 0 spiro atoms. The second-order valence-electron chi connectivity index (χ2n) is 5.81. The number of benzene rings is 2. The second-order valence-corrected chi connectivity index (χ2v) is 6.60. The number of furan rings is 1. The molecule has 1 amide bonds. The predicted molar refractivity (Wildman–Crippen MR) is 110 cm³/mol. The Labute approximate surface area is 175 Å². The van der Waals surface area contributed by atoms with Crippen molar-refractivity contribution in [3.8, 4) is 17.4 Å². The summed E-state index contributed by atoms with van der Waals surface area (Å²) in [5.41, 5.74) is 0.833. The minimum atomic E-state index is -1.08. The van der Waals surface area contributed by atoms with E-state index >= 15 is 0 Å². The number of nitrogens with one attached hydrogen (secondary N) is 1. The van der Waals surface area contributed by atoms with Crippen molar-refractivity contribution in [1.82, 2.24) is 0 Å². The summed E-state index contributed by atoms with van der Waals surface area (Å²) in [5.74, 6) is -1.02. The highest BCUT2D eigenvalue weighted by atomic mass is 35.5. The van der Waals surface area contributed by atoms with Crippen LogP contribution in [0.3, 0.4) is 0 Å². The van der Waals surface area contributed by atoms with Gasteiger partial charge in [0.15, 0.2) is 0 Å². The molecule has 0 aliphatic rings. The van der Waals surface area contributed by atoms with Crippen LogP contribution in [0.5, 0.6) is 0 Å². The zero-order valence-corrected chi connectivity index (χ0v) is 16.2. The Morgan fingerprint density at radius 2 is 1.79 bits per heavy atom. The average molecular weight is 427 g/mol. The van der Waals surface area contributed by atoms with E-state index in [9.17, 15) is 14.9 Å². The van der Waals surface area contributed by atoms with Gasteiger partial charge in [0.05, 0.1) is 15.6 Å². The highest BCUT2D eigenvalue weighted by Crippen LogP contribution is 2.34. The molecule has 0 saturated heterocycles. The molecule has 0 aliphatic carbocycles.